The number of benzene rings is 1. The molecule has 82 valence electrons. The number of hydrogen-bond acceptors (Lipinski definition) is 3. The second-order valence-electron chi connectivity index (χ2n) is 2.94. The molecule has 0 atom stereocenters. The molecule has 1 rings (SSSR count). The maximum absolute atomic E-state index is 5.23. The normalized spacial score (nSPS) is 9.53. The van der Waals surface area contributed by atoms with Crippen molar-refractivity contribution in [1.82, 2.24) is 0 Å². The van der Waals surface area contributed by atoms with Gasteiger partial charge in [-0.2, -0.15) is 0 Å². The van der Waals surface area contributed by atoms with Crippen LogP contribution >= 0.6 is 15.9 Å². The zero-order chi connectivity index (χ0) is 11.3. The molecule has 0 unspecified atom stereocenters. The van der Waals surface area contributed by atoms with E-state index in [0.29, 0.717) is 6.54 Å². The van der Waals surface area contributed by atoms with Gasteiger partial charge in [0.1, 0.15) is 11.5 Å². The van der Waals surface area contributed by atoms with E-state index >= 15 is 0 Å². The van der Waals surface area contributed by atoms with Gasteiger partial charge in [-0.25, -0.2) is 0 Å². The van der Waals surface area contributed by atoms with Gasteiger partial charge in [0, 0.05) is 17.1 Å². The van der Waals surface area contributed by atoms with Crippen molar-refractivity contribution in [3.05, 3.63) is 29.3 Å². The van der Waals surface area contributed by atoms with Crippen molar-refractivity contribution in [2.24, 2.45) is 0 Å². The van der Waals surface area contributed by atoms with Crippen molar-refractivity contribution in [1.29, 1.82) is 0 Å². The molecule has 3 nitrogen and oxygen atoms in total. The summed E-state index contributed by atoms with van der Waals surface area (Å²) in [6.45, 7) is 4.40. The molecule has 15 heavy (non-hydrogen) atoms. The number of methoxy groups -OCH3 is 2. The molecule has 1 aromatic rings. The minimum Gasteiger partial charge on any atom is -0.497 e. The van der Waals surface area contributed by atoms with Gasteiger partial charge in [0.15, 0.2) is 0 Å². The summed E-state index contributed by atoms with van der Waals surface area (Å²) in [7, 11) is 3.26. The largest absolute Gasteiger partial charge is 0.497 e. The molecule has 0 aromatic heterocycles. The van der Waals surface area contributed by atoms with Crippen LogP contribution in [-0.4, -0.2) is 20.8 Å². The van der Waals surface area contributed by atoms with Crippen molar-refractivity contribution >= 4 is 21.6 Å². The highest BCUT2D eigenvalue weighted by Gasteiger charge is 2.03. The lowest BCUT2D eigenvalue weighted by molar-refractivity contribution is 0.395. The number of hydrogen-bond donors (Lipinski definition) is 1. The van der Waals surface area contributed by atoms with E-state index in [0.717, 1.165) is 21.7 Å². The number of halogens is 1. The van der Waals surface area contributed by atoms with Crippen molar-refractivity contribution in [3.63, 3.8) is 0 Å². The molecular formula is C11H14BrNO2. The molecule has 0 saturated carbocycles. The fraction of sp³-hybridized carbons (Fsp3) is 0.273. The van der Waals surface area contributed by atoms with Crippen LogP contribution in [0.15, 0.2) is 29.3 Å². The Kier molecular flexibility index (Phi) is 4.49. The average molecular weight is 272 g/mol. The molecule has 0 heterocycles. The first-order valence-corrected chi connectivity index (χ1v) is 5.26. The van der Waals surface area contributed by atoms with Gasteiger partial charge in [0.25, 0.3) is 0 Å². The lowest BCUT2D eigenvalue weighted by Gasteiger charge is -2.11. The second kappa shape index (κ2) is 5.66. The first-order chi connectivity index (χ1) is 7.17. The quantitative estimate of drug-likeness (QED) is 0.893. The van der Waals surface area contributed by atoms with Crippen LogP contribution < -0.4 is 14.8 Å². The molecule has 0 aliphatic carbocycles. The SMILES string of the molecule is C=C(Br)CNc1ccc(OC)cc1OC. The third kappa shape index (κ3) is 3.47. The summed E-state index contributed by atoms with van der Waals surface area (Å²) in [6, 6.07) is 5.62. The maximum atomic E-state index is 5.23. The number of ether oxygens (including phenoxy) is 2. The smallest absolute Gasteiger partial charge is 0.145 e. The molecule has 1 aromatic carbocycles. The third-order valence-corrected chi connectivity index (χ3v) is 2.16. The van der Waals surface area contributed by atoms with Gasteiger partial charge in [0.05, 0.1) is 19.9 Å². The molecule has 0 aliphatic rings. The second-order valence-corrected chi connectivity index (χ2v) is 4.06. The average Bonchev–Trinajstić information content (AvgIpc) is 2.25. The van der Waals surface area contributed by atoms with E-state index in [1.165, 1.54) is 0 Å². The van der Waals surface area contributed by atoms with Crippen LogP contribution in [0.5, 0.6) is 11.5 Å². The summed E-state index contributed by atoms with van der Waals surface area (Å²) in [4.78, 5) is 0. The van der Waals surface area contributed by atoms with E-state index in [4.69, 9.17) is 9.47 Å². The molecule has 0 radical (unpaired) electrons. The molecule has 1 N–H and O–H groups in total. The van der Waals surface area contributed by atoms with Gasteiger partial charge < -0.3 is 14.8 Å². The standard InChI is InChI=1S/C11H14BrNO2/c1-8(12)7-13-10-5-4-9(14-2)6-11(10)15-3/h4-6,13H,1,7H2,2-3H3. The lowest BCUT2D eigenvalue weighted by atomic mass is 10.2. The maximum Gasteiger partial charge on any atom is 0.145 e. The van der Waals surface area contributed by atoms with Crippen LogP contribution in [-0.2, 0) is 0 Å². The Morgan fingerprint density at radius 3 is 2.67 bits per heavy atom. The van der Waals surface area contributed by atoms with E-state index in [1.54, 1.807) is 14.2 Å². The van der Waals surface area contributed by atoms with Gasteiger partial charge in [-0.1, -0.05) is 22.5 Å². The van der Waals surface area contributed by atoms with Gasteiger partial charge in [-0.05, 0) is 12.1 Å². The molecule has 0 saturated heterocycles. The Bertz CT molecular complexity index is 352. The fourth-order valence-corrected chi connectivity index (χ4v) is 1.28. The molecule has 0 aliphatic heterocycles. The Morgan fingerprint density at radius 2 is 2.13 bits per heavy atom. The Morgan fingerprint density at radius 1 is 1.40 bits per heavy atom. The lowest BCUT2D eigenvalue weighted by Crippen LogP contribution is -2.02. The van der Waals surface area contributed by atoms with E-state index in [2.05, 4.69) is 27.8 Å². The summed E-state index contributed by atoms with van der Waals surface area (Å²) >= 11 is 3.28. The van der Waals surface area contributed by atoms with E-state index in [1.807, 2.05) is 18.2 Å². The Hall–Kier alpha value is -1.16. The predicted octanol–water partition coefficient (Wildman–Crippen LogP) is 3.02. The minimum absolute atomic E-state index is 0.655. The van der Waals surface area contributed by atoms with Crippen LogP contribution in [0.4, 0.5) is 5.69 Å². The van der Waals surface area contributed by atoms with Crippen LogP contribution in [0.25, 0.3) is 0 Å². The summed E-state index contributed by atoms with van der Waals surface area (Å²) < 4.78 is 11.2. The summed E-state index contributed by atoms with van der Waals surface area (Å²) in [5.74, 6) is 1.53. The first-order valence-electron chi connectivity index (χ1n) is 4.46. The van der Waals surface area contributed by atoms with E-state index < -0.39 is 0 Å². The monoisotopic (exact) mass is 271 g/mol. The molecule has 0 fully saturated rings. The summed E-state index contributed by atoms with van der Waals surface area (Å²) in [5.41, 5.74) is 0.916. The molecular weight excluding hydrogens is 258 g/mol. The van der Waals surface area contributed by atoms with Gasteiger partial charge >= 0.3 is 0 Å². The highest BCUT2D eigenvalue weighted by Crippen LogP contribution is 2.29. The van der Waals surface area contributed by atoms with E-state index in [9.17, 15) is 0 Å². The minimum atomic E-state index is 0.655. The molecule has 4 heteroatoms. The number of nitrogens with one attached hydrogen (secondary N) is 1. The van der Waals surface area contributed by atoms with Crippen LogP contribution in [0.3, 0.4) is 0 Å². The van der Waals surface area contributed by atoms with Gasteiger partial charge in [0.2, 0.25) is 0 Å². The van der Waals surface area contributed by atoms with Gasteiger partial charge in [-0.15, -0.1) is 0 Å². The molecule has 0 spiro atoms. The highest BCUT2D eigenvalue weighted by molar-refractivity contribution is 9.11. The first kappa shape index (κ1) is 11.9. The summed E-state index contributed by atoms with van der Waals surface area (Å²) in [6.07, 6.45) is 0. The molecule has 0 amide bonds. The van der Waals surface area contributed by atoms with Crippen LogP contribution in [0.1, 0.15) is 0 Å². The number of anilines is 1. The van der Waals surface area contributed by atoms with Crippen molar-refractivity contribution < 1.29 is 9.47 Å². The molecule has 0 bridgehead atoms. The topological polar surface area (TPSA) is 30.5 Å². The highest BCUT2D eigenvalue weighted by atomic mass is 79.9. The fourth-order valence-electron chi connectivity index (χ4n) is 1.14. The van der Waals surface area contributed by atoms with E-state index in [-0.39, 0.29) is 0 Å². The predicted molar refractivity (Wildman–Crippen MR) is 66.1 cm³/mol. The number of rotatable bonds is 5. The van der Waals surface area contributed by atoms with Crippen molar-refractivity contribution in [2.75, 3.05) is 26.1 Å². The van der Waals surface area contributed by atoms with Crippen LogP contribution in [0.2, 0.25) is 0 Å². The third-order valence-electron chi connectivity index (χ3n) is 1.88. The van der Waals surface area contributed by atoms with Crippen molar-refractivity contribution in [2.45, 2.75) is 0 Å². The van der Waals surface area contributed by atoms with Crippen molar-refractivity contribution in [3.8, 4) is 11.5 Å². The Balaban J connectivity index is 2.82. The summed E-state index contributed by atoms with van der Waals surface area (Å²) in [5, 5.41) is 3.19. The Labute approximate surface area is 98.2 Å². The van der Waals surface area contributed by atoms with Crippen LogP contribution in [0, 0.1) is 0 Å². The zero-order valence-electron chi connectivity index (χ0n) is 8.84. The zero-order valence-corrected chi connectivity index (χ0v) is 10.4. The van der Waals surface area contributed by atoms with Gasteiger partial charge in [-0.3, -0.25) is 0 Å².